The largest absolute Gasteiger partial charge is 0.497 e. The monoisotopic (exact) mass is 372 g/mol. The zero-order chi connectivity index (χ0) is 19.1. The summed E-state index contributed by atoms with van der Waals surface area (Å²) >= 11 is 0. The second-order valence-electron chi connectivity index (χ2n) is 6.41. The molecule has 0 radical (unpaired) electrons. The summed E-state index contributed by atoms with van der Waals surface area (Å²) in [6, 6.07) is 8.23. The molecule has 0 saturated carbocycles. The van der Waals surface area contributed by atoms with Crippen LogP contribution in [0.5, 0.6) is 11.5 Å². The van der Waals surface area contributed by atoms with Crippen LogP contribution in [-0.4, -0.2) is 62.7 Å². The van der Waals surface area contributed by atoms with E-state index < -0.39 is 0 Å². The number of hydrogen-bond donors (Lipinski definition) is 2. The highest BCUT2D eigenvalue weighted by Crippen LogP contribution is 2.30. The van der Waals surface area contributed by atoms with Crippen molar-refractivity contribution in [3.63, 3.8) is 0 Å². The summed E-state index contributed by atoms with van der Waals surface area (Å²) in [5.74, 6) is 2.42. The Balaban J connectivity index is 1.52. The van der Waals surface area contributed by atoms with E-state index in [0.717, 1.165) is 55.7 Å². The van der Waals surface area contributed by atoms with Crippen LogP contribution in [0, 0.1) is 0 Å². The van der Waals surface area contributed by atoms with Gasteiger partial charge >= 0.3 is 0 Å². The molecule has 27 heavy (non-hydrogen) atoms. The van der Waals surface area contributed by atoms with Gasteiger partial charge in [0.25, 0.3) is 0 Å². The fourth-order valence-corrected chi connectivity index (χ4v) is 3.20. The Morgan fingerprint density at radius 1 is 1.26 bits per heavy atom. The van der Waals surface area contributed by atoms with Gasteiger partial charge in [-0.1, -0.05) is 0 Å². The Morgan fingerprint density at radius 3 is 2.67 bits per heavy atom. The maximum absolute atomic E-state index is 5.38. The van der Waals surface area contributed by atoms with Crippen LogP contribution >= 0.6 is 0 Å². The molecule has 2 aromatic rings. The molecule has 1 saturated heterocycles. The minimum Gasteiger partial charge on any atom is -0.497 e. The molecule has 0 spiro atoms. The molecule has 1 atom stereocenters. The van der Waals surface area contributed by atoms with Gasteiger partial charge in [0.05, 0.1) is 20.8 Å². The lowest BCUT2D eigenvalue weighted by Crippen LogP contribution is -2.45. The molecule has 0 aliphatic carbocycles. The fourth-order valence-electron chi connectivity index (χ4n) is 3.20. The van der Waals surface area contributed by atoms with E-state index in [0.29, 0.717) is 6.04 Å². The topological polar surface area (TPSA) is 75.9 Å². The van der Waals surface area contributed by atoms with Gasteiger partial charge in [0.15, 0.2) is 5.96 Å². The van der Waals surface area contributed by atoms with Gasteiger partial charge in [0.2, 0.25) is 0 Å². The third-order valence-electron chi connectivity index (χ3n) is 4.65. The number of ether oxygens (including phenoxy) is 2. The van der Waals surface area contributed by atoms with Crippen molar-refractivity contribution in [2.24, 2.45) is 4.99 Å². The standard InChI is InChI=1S/C19H28N6O2/c1-20-19(21-7-10-25-8-4-6-22-25)23-15-5-9-24(14-15)16-11-17(26-2)13-18(12-16)27-3/h4,6,8,11-13,15H,5,7,9-10,14H2,1-3H3,(H2,20,21,23). The van der Waals surface area contributed by atoms with Gasteiger partial charge < -0.3 is 25.0 Å². The number of guanidine groups is 1. The number of hydrogen-bond acceptors (Lipinski definition) is 5. The van der Waals surface area contributed by atoms with E-state index in [-0.39, 0.29) is 0 Å². The number of anilines is 1. The quantitative estimate of drug-likeness (QED) is 0.564. The van der Waals surface area contributed by atoms with Crippen molar-refractivity contribution in [3.8, 4) is 11.5 Å². The highest BCUT2D eigenvalue weighted by Gasteiger charge is 2.24. The summed E-state index contributed by atoms with van der Waals surface area (Å²) in [5.41, 5.74) is 1.11. The Hall–Kier alpha value is -2.90. The molecule has 1 fully saturated rings. The lowest BCUT2D eigenvalue weighted by molar-refractivity contribution is 0.394. The number of aliphatic imine (C=N–C) groups is 1. The molecule has 8 nitrogen and oxygen atoms in total. The van der Waals surface area contributed by atoms with Crippen LogP contribution in [0.4, 0.5) is 5.69 Å². The van der Waals surface area contributed by atoms with Gasteiger partial charge in [-0.25, -0.2) is 0 Å². The maximum Gasteiger partial charge on any atom is 0.191 e. The lowest BCUT2D eigenvalue weighted by Gasteiger charge is -2.21. The maximum atomic E-state index is 5.38. The number of methoxy groups -OCH3 is 2. The van der Waals surface area contributed by atoms with Crippen molar-refractivity contribution >= 4 is 11.6 Å². The molecular weight excluding hydrogens is 344 g/mol. The SMILES string of the molecule is CN=C(NCCn1cccn1)NC1CCN(c2cc(OC)cc(OC)c2)C1. The predicted octanol–water partition coefficient (Wildman–Crippen LogP) is 1.34. The second-order valence-corrected chi connectivity index (χ2v) is 6.41. The number of nitrogens with zero attached hydrogens (tertiary/aromatic N) is 4. The summed E-state index contributed by atoms with van der Waals surface area (Å²) in [7, 11) is 5.14. The lowest BCUT2D eigenvalue weighted by atomic mass is 10.2. The van der Waals surface area contributed by atoms with E-state index >= 15 is 0 Å². The highest BCUT2D eigenvalue weighted by atomic mass is 16.5. The third kappa shape index (κ3) is 5.06. The van der Waals surface area contributed by atoms with Gasteiger partial charge in [-0.05, 0) is 12.5 Å². The highest BCUT2D eigenvalue weighted by molar-refractivity contribution is 5.80. The summed E-state index contributed by atoms with van der Waals surface area (Å²) < 4.78 is 12.7. The zero-order valence-electron chi connectivity index (χ0n) is 16.2. The Bertz CT molecular complexity index is 724. The molecule has 2 heterocycles. The summed E-state index contributed by atoms with van der Waals surface area (Å²) in [6.45, 7) is 3.44. The Morgan fingerprint density at radius 2 is 2.04 bits per heavy atom. The molecule has 1 unspecified atom stereocenters. The first-order valence-electron chi connectivity index (χ1n) is 9.14. The van der Waals surface area contributed by atoms with E-state index in [2.05, 4.69) is 25.6 Å². The minimum absolute atomic E-state index is 0.332. The van der Waals surface area contributed by atoms with E-state index in [1.165, 1.54) is 0 Å². The molecule has 0 bridgehead atoms. The van der Waals surface area contributed by atoms with Crippen molar-refractivity contribution in [2.45, 2.75) is 19.0 Å². The van der Waals surface area contributed by atoms with Gasteiger partial charge in [0.1, 0.15) is 11.5 Å². The van der Waals surface area contributed by atoms with Crippen LogP contribution in [0.15, 0.2) is 41.7 Å². The molecular formula is C19H28N6O2. The van der Waals surface area contributed by atoms with Crippen molar-refractivity contribution in [1.29, 1.82) is 0 Å². The first-order chi connectivity index (χ1) is 13.2. The molecule has 1 aliphatic heterocycles. The smallest absolute Gasteiger partial charge is 0.191 e. The van der Waals surface area contributed by atoms with Crippen LogP contribution in [0.25, 0.3) is 0 Å². The third-order valence-corrected chi connectivity index (χ3v) is 4.65. The number of benzene rings is 1. The van der Waals surface area contributed by atoms with E-state index in [9.17, 15) is 0 Å². The van der Waals surface area contributed by atoms with Gasteiger partial charge in [0, 0.05) is 69.0 Å². The van der Waals surface area contributed by atoms with Gasteiger partial charge in [-0.15, -0.1) is 0 Å². The second kappa shape index (κ2) is 9.16. The van der Waals surface area contributed by atoms with E-state index in [1.807, 2.05) is 35.1 Å². The molecule has 2 N–H and O–H groups in total. The van der Waals surface area contributed by atoms with Crippen molar-refractivity contribution < 1.29 is 9.47 Å². The molecule has 3 rings (SSSR count). The molecule has 8 heteroatoms. The Kier molecular flexibility index (Phi) is 6.40. The number of nitrogens with one attached hydrogen (secondary N) is 2. The average molecular weight is 372 g/mol. The molecule has 0 amide bonds. The van der Waals surface area contributed by atoms with Gasteiger partial charge in [-0.3, -0.25) is 9.67 Å². The molecule has 1 aliphatic rings. The van der Waals surface area contributed by atoms with E-state index in [4.69, 9.17) is 9.47 Å². The van der Waals surface area contributed by atoms with Crippen LogP contribution in [0.1, 0.15) is 6.42 Å². The van der Waals surface area contributed by atoms with E-state index in [1.54, 1.807) is 27.5 Å². The van der Waals surface area contributed by atoms with Gasteiger partial charge in [-0.2, -0.15) is 5.10 Å². The summed E-state index contributed by atoms with van der Waals surface area (Å²) in [6.07, 6.45) is 4.78. The van der Waals surface area contributed by atoms with Crippen molar-refractivity contribution in [3.05, 3.63) is 36.7 Å². The minimum atomic E-state index is 0.332. The summed E-state index contributed by atoms with van der Waals surface area (Å²) in [4.78, 5) is 6.66. The fraction of sp³-hybridized carbons (Fsp3) is 0.474. The number of rotatable bonds is 7. The van der Waals surface area contributed by atoms with Crippen LogP contribution in [0.3, 0.4) is 0 Å². The average Bonchev–Trinajstić information content (AvgIpc) is 3.38. The first-order valence-corrected chi connectivity index (χ1v) is 9.14. The predicted molar refractivity (Wildman–Crippen MR) is 107 cm³/mol. The first kappa shape index (κ1) is 18.9. The van der Waals surface area contributed by atoms with Crippen LogP contribution in [0.2, 0.25) is 0 Å². The molecule has 146 valence electrons. The van der Waals surface area contributed by atoms with Crippen LogP contribution in [-0.2, 0) is 6.54 Å². The normalized spacial score (nSPS) is 17.1. The van der Waals surface area contributed by atoms with Crippen molar-refractivity contribution in [2.75, 3.05) is 45.8 Å². The zero-order valence-corrected chi connectivity index (χ0v) is 16.2. The number of aromatic nitrogens is 2. The molecule has 1 aromatic carbocycles. The summed E-state index contributed by atoms with van der Waals surface area (Å²) in [5, 5.41) is 11.1. The Labute approximate surface area is 160 Å². The van der Waals surface area contributed by atoms with Crippen molar-refractivity contribution in [1.82, 2.24) is 20.4 Å². The van der Waals surface area contributed by atoms with Crippen LogP contribution < -0.4 is 25.0 Å². The molecule has 1 aromatic heterocycles.